The van der Waals surface area contributed by atoms with Crippen LogP contribution in [0, 0.1) is 6.92 Å². The summed E-state index contributed by atoms with van der Waals surface area (Å²) in [7, 11) is -1.09. The maximum absolute atomic E-state index is 10.8. The first kappa shape index (κ1) is 34.5. The maximum Gasteiger partial charge on any atom is 0.175 e. The lowest BCUT2D eigenvalue weighted by atomic mass is 10.2. The predicted molar refractivity (Wildman–Crippen MR) is 156 cm³/mol. The molecule has 0 unspecified atom stereocenters. The molecule has 6 nitrogen and oxygen atoms in total. The van der Waals surface area contributed by atoms with Gasteiger partial charge in [-0.25, -0.2) is 16.8 Å². The number of rotatable bonds is 3. The Morgan fingerprint density at radius 1 is 0.474 bits per heavy atom. The van der Waals surface area contributed by atoms with Gasteiger partial charge in [0, 0.05) is 26.7 Å². The normalized spacial score (nSPS) is 9.84. The van der Waals surface area contributed by atoms with Crippen LogP contribution in [0.5, 0.6) is 5.75 Å². The summed E-state index contributed by atoms with van der Waals surface area (Å²) in [5.41, 5.74) is 1.32. The Morgan fingerprint density at radius 3 is 0.895 bits per heavy atom. The van der Waals surface area contributed by atoms with Crippen molar-refractivity contribution in [3.8, 4) is 5.75 Å². The van der Waals surface area contributed by atoms with Gasteiger partial charge in [-0.3, -0.25) is 0 Å². The number of hydrogen-bond acceptors (Lipinski definition) is 6. The molecule has 0 fully saturated rings. The van der Waals surface area contributed by atoms with Gasteiger partial charge in [0.05, 0.1) is 16.9 Å². The van der Waals surface area contributed by atoms with Crippen molar-refractivity contribution in [2.24, 2.45) is 0 Å². The lowest BCUT2D eigenvalue weighted by Crippen LogP contribution is -1.95. The van der Waals surface area contributed by atoms with Crippen LogP contribution in [0.2, 0.25) is 0 Å². The Kier molecular flexibility index (Phi) is 17.8. The molecule has 38 heavy (non-hydrogen) atoms. The highest BCUT2D eigenvalue weighted by atomic mass is 32.2. The fraction of sp³-hybridized carbons (Fsp3) is 0.200. The van der Waals surface area contributed by atoms with E-state index in [-0.39, 0.29) is 0 Å². The number of aryl methyl sites for hydroxylation is 1. The van der Waals surface area contributed by atoms with Crippen LogP contribution in [-0.2, 0) is 24.4 Å². The lowest BCUT2D eigenvalue weighted by molar-refractivity contribution is 0.277. The molecule has 0 bridgehead atoms. The summed E-state index contributed by atoms with van der Waals surface area (Å²) in [6.07, 6.45) is 2.39. The molecule has 0 aromatic heterocycles. The molecule has 206 valence electrons. The van der Waals surface area contributed by atoms with E-state index in [1.54, 1.807) is 82.0 Å². The van der Waals surface area contributed by atoms with E-state index < -0.39 is 19.7 Å². The Bertz CT molecular complexity index is 1240. The summed E-state index contributed by atoms with van der Waals surface area (Å²) >= 11 is 0. The van der Waals surface area contributed by atoms with Crippen molar-refractivity contribution in [1.82, 2.24) is 0 Å². The Hall–Kier alpha value is -3.46. The molecule has 8 heteroatoms. The van der Waals surface area contributed by atoms with Crippen LogP contribution in [0.25, 0.3) is 0 Å². The molecule has 0 spiro atoms. The molecule has 0 aliphatic carbocycles. The molecular weight excluding hydrogens is 520 g/mol. The third-order valence-electron chi connectivity index (χ3n) is 4.26. The van der Waals surface area contributed by atoms with Gasteiger partial charge in [-0.15, -0.1) is 0 Å². The number of benzene rings is 4. The molecule has 4 rings (SSSR count). The van der Waals surface area contributed by atoms with E-state index in [1.165, 1.54) is 18.1 Å². The first-order valence-electron chi connectivity index (χ1n) is 11.5. The molecule has 0 heterocycles. The molecule has 0 aliphatic rings. The Morgan fingerprint density at radius 2 is 0.737 bits per heavy atom. The van der Waals surface area contributed by atoms with Gasteiger partial charge in [0.1, 0.15) is 5.75 Å². The molecule has 0 aliphatic heterocycles. The lowest BCUT2D eigenvalue weighted by Gasteiger charge is -1.93. The van der Waals surface area contributed by atoms with Gasteiger partial charge in [0.15, 0.2) is 19.7 Å². The van der Waals surface area contributed by atoms with E-state index in [1.807, 2.05) is 48.5 Å². The summed E-state index contributed by atoms with van der Waals surface area (Å²) < 4.78 is 52.5. The molecular formula is C30H38O6S2. The van der Waals surface area contributed by atoms with Crippen LogP contribution in [0.3, 0.4) is 0 Å². The fourth-order valence-electron chi connectivity index (χ4n) is 2.43. The molecule has 0 amide bonds. The van der Waals surface area contributed by atoms with Crippen molar-refractivity contribution in [3.05, 3.63) is 127 Å². The average molecular weight is 559 g/mol. The third-order valence-corrected chi connectivity index (χ3v) is 6.52. The average Bonchev–Trinajstić information content (AvgIpc) is 2.91. The van der Waals surface area contributed by atoms with Crippen molar-refractivity contribution in [3.63, 3.8) is 0 Å². The largest absolute Gasteiger partial charge is 0.497 e. The van der Waals surface area contributed by atoms with Crippen molar-refractivity contribution in [1.29, 1.82) is 0 Å². The van der Waals surface area contributed by atoms with E-state index in [0.717, 1.165) is 5.75 Å². The van der Waals surface area contributed by atoms with Crippen LogP contribution in [0.4, 0.5) is 0 Å². The number of ether oxygens (including phenoxy) is 2. The summed E-state index contributed by atoms with van der Waals surface area (Å²) in [6, 6.07) is 36.6. The van der Waals surface area contributed by atoms with Crippen molar-refractivity contribution < 1.29 is 26.3 Å². The monoisotopic (exact) mass is 558 g/mol. The molecule has 0 saturated carbocycles. The van der Waals surface area contributed by atoms with Gasteiger partial charge in [0.25, 0.3) is 0 Å². The van der Waals surface area contributed by atoms with Crippen LogP contribution in [-0.4, -0.2) is 50.7 Å². The van der Waals surface area contributed by atoms with E-state index >= 15 is 0 Å². The van der Waals surface area contributed by atoms with Crippen LogP contribution < -0.4 is 4.74 Å². The highest BCUT2D eigenvalue weighted by molar-refractivity contribution is 7.91. The minimum absolute atomic E-state index is 0.370. The van der Waals surface area contributed by atoms with Crippen LogP contribution in [0.15, 0.2) is 131 Å². The zero-order chi connectivity index (χ0) is 28.9. The Balaban J connectivity index is 0.000000468. The van der Waals surface area contributed by atoms with Crippen molar-refractivity contribution in [2.75, 3.05) is 33.8 Å². The zero-order valence-corrected chi connectivity index (χ0v) is 24.4. The second-order valence-corrected chi connectivity index (χ2v) is 11.8. The first-order valence-corrected chi connectivity index (χ1v) is 15.2. The maximum atomic E-state index is 10.8. The molecule has 4 aromatic carbocycles. The second kappa shape index (κ2) is 19.6. The van der Waals surface area contributed by atoms with Crippen molar-refractivity contribution in [2.45, 2.75) is 16.7 Å². The smallest absolute Gasteiger partial charge is 0.175 e. The zero-order valence-electron chi connectivity index (χ0n) is 22.8. The number of sulfone groups is 2. The molecule has 0 N–H and O–H groups in total. The van der Waals surface area contributed by atoms with Gasteiger partial charge >= 0.3 is 0 Å². The predicted octanol–water partition coefficient (Wildman–Crippen LogP) is 6.13. The van der Waals surface area contributed by atoms with Gasteiger partial charge in [0.2, 0.25) is 0 Å². The minimum atomic E-state index is -3.00. The van der Waals surface area contributed by atoms with Crippen LogP contribution >= 0.6 is 0 Å². The first-order chi connectivity index (χ1) is 18.0. The summed E-state index contributed by atoms with van der Waals surface area (Å²) in [5.74, 6) is 0.910. The van der Waals surface area contributed by atoms with Crippen LogP contribution in [0.1, 0.15) is 5.56 Å². The van der Waals surface area contributed by atoms with E-state index in [9.17, 15) is 16.8 Å². The fourth-order valence-corrected chi connectivity index (χ4v) is 3.73. The summed E-state index contributed by atoms with van der Waals surface area (Å²) in [4.78, 5) is 0.741. The summed E-state index contributed by atoms with van der Waals surface area (Å²) in [5, 5.41) is 0. The SMILES string of the molecule is COC.COc1ccccc1.CS(=O)(=O)c1ccccc1.CS(=O)(=O)c1ccccc1.Cc1ccccc1. The van der Waals surface area contributed by atoms with Gasteiger partial charge < -0.3 is 9.47 Å². The Labute approximate surface area is 228 Å². The number of methoxy groups -OCH3 is 2. The highest BCUT2D eigenvalue weighted by Crippen LogP contribution is 2.07. The van der Waals surface area contributed by atoms with E-state index in [4.69, 9.17) is 4.74 Å². The number of para-hydroxylation sites is 1. The highest BCUT2D eigenvalue weighted by Gasteiger charge is 2.03. The number of hydrogen-bond donors (Lipinski definition) is 0. The standard InChI is InChI=1S/2C7H8O2S.C7H8O.C7H8.C2H6O/c2*1-10(8,9)7-5-3-2-4-6-7;1-8-7-5-3-2-4-6-7;1-7-5-3-2-4-6-7;1-3-2/h2*2-6H,1H3;2-6H,1H3;2-6H,1H3;1-2H3. The second-order valence-electron chi connectivity index (χ2n) is 7.75. The van der Waals surface area contributed by atoms with Gasteiger partial charge in [-0.1, -0.05) is 90.5 Å². The molecule has 4 aromatic rings. The summed E-state index contributed by atoms with van der Waals surface area (Å²) in [6.45, 7) is 2.08. The van der Waals surface area contributed by atoms with Gasteiger partial charge in [-0.2, -0.15) is 0 Å². The molecule has 0 atom stereocenters. The van der Waals surface area contributed by atoms with Gasteiger partial charge in [-0.05, 0) is 43.3 Å². The minimum Gasteiger partial charge on any atom is -0.497 e. The van der Waals surface area contributed by atoms with E-state index in [0.29, 0.717) is 9.79 Å². The van der Waals surface area contributed by atoms with E-state index in [2.05, 4.69) is 23.8 Å². The quantitative estimate of drug-likeness (QED) is 0.301. The molecule has 0 saturated heterocycles. The topological polar surface area (TPSA) is 86.7 Å². The third kappa shape index (κ3) is 17.9. The molecule has 0 radical (unpaired) electrons. The van der Waals surface area contributed by atoms with Crippen molar-refractivity contribution >= 4 is 19.7 Å².